The zero-order valence-electron chi connectivity index (χ0n) is 16.4. The molecule has 1 saturated heterocycles. The molecule has 1 fully saturated rings. The van der Waals surface area contributed by atoms with Crippen molar-refractivity contribution in [2.75, 3.05) is 38.2 Å². The number of nitrogens with one attached hydrogen (secondary N) is 2. The molecule has 3 rings (SSSR count). The fourth-order valence-electron chi connectivity index (χ4n) is 3.95. The van der Waals surface area contributed by atoms with Crippen LogP contribution in [0.3, 0.4) is 0 Å². The third kappa shape index (κ3) is 4.62. The van der Waals surface area contributed by atoms with Crippen molar-refractivity contribution in [1.29, 1.82) is 0 Å². The number of piperazine rings is 1. The number of benzene rings is 1. The Morgan fingerprint density at radius 3 is 2.63 bits per heavy atom. The molecule has 27 heavy (non-hydrogen) atoms. The molecule has 0 unspecified atom stereocenters. The molecule has 0 aliphatic carbocycles. The average molecular weight is 389 g/mol. The minimum absolute atomic E-state index is 0.115. The summed E-state index contributed by atoms with van der Waals surface area (Å²) in [5.74, 6) is 1.05. The van der Waals surface area contributed by atoms with E-state index in [-0.39, 0.29) is 11.9 Å². The Morgan fingerprint density at radius 2 is 2.00 bits per heavy atom. The Kier molecular flexibility index (Phi) is 6.74. The van der Waals surface area contributed by atoms with Crippen LogP contribution in [0.25, 0.3) is 0 Å². The molecule has 5 nitrogen and oxygen atoms in total. The molecule has 1 aromatic carbocycles. The van der Waals surface area contributed by atoms with Crippen molar-refractivity contribution in [3.05, 3.63) is 46.7 Å². The predicted octanol–water partition coefficient (Wildman–Crippen LogP) is 2.12. The quantitative estimate of drug-likeness (QED) is 0.764. The Bertz CT molecular complexity index is 727. The van der Waals surface area contributed by atoms with Gasteiger partial charge in [-0.05, 0) is 30.5 Å². The van der Waals surface area contributed by atoms with Gasteiger partial charge in [-0.15, -0.1) is 11.3 Å². The summed E-state index contributed by atoms with van der Waals surface area (Å²) in [6, 6.07) is 12.9. The van der Waals surface area contributed by atoms with Crippen LogP contribution in [0.5, 0.6) is 5.75 Å². The van der Waals surface area contributed by atoms with Gasteiger partial charge in [0.2, 0.25) is 5.91 Å². The average Bonchev–Trinajstić information content (AvgIpc) is 3.22. The van der Waals surface area contributed by atoms with Gasteiger partial charge < -0.3 is 19.9 Å². The first-order valence-corrected chi connectivity index (χ1v) is 10.6. The normalized spacial score (nSPS) is 17.4. The summed E-state index contributed by atoms with van der Waals surface area (Å²) in [6.45, 7) is 8.07. The van der Waals surface area contributed by atoms with Crippen molar-refractivity contribution in [2.45, 2.75) is 32.4 Å². The largest absolute Gasteiger partial charge is 0.495 e. The monoisotopic (exact) mass is 388 g/mol. The van der Waals surface area contributed by atoms with E-state index < -0.39 is 0 Å². The second-order valence-corrected chi connectivity index (χ2v) is 8.00. The lowest BCUT2D eigenvalue weighted by molar-refractivity contribution is -0.933. The minimum Gasteiger partial charge on any atom is -0.495 e. The topological polar surface area (TPSA) is 46.0 Å². The standard InChI is InChI=1S/C21H29N3O2S/c1-4-20(25)22-16(2)21(19-10-7-15-27-19)24-13-11-23(12-14-24)17-8-5-6-9-18(17)26-3/h5-10,15-16,21H,4,11-14H2,1-3H3,(H,22,25)/p+1/t16-,21-/m0/s1. The van der Waals surface area contributed by atoms with Gasteiger partial charge in [0, 0.05) is 6.42 Å². The predicted molar refractivity (Wildman–Crippen MR) is 111 cm³/mol. The molecule has 0 saturated carbocycles. The number of thiophene rings is 1. The summed E-state index contributed by atoms with van der Waals surface area (Å²) >= 11 is 1.79. The lowest BCUT2D eigenvalue weighted by atomic mass is 10.0. The van der Waals surface area contributed by atoms with Gasteiger partial charge >= 0.3 is 0 Å². The highest BCUT2D eigenvalue weighted by molar-refractivity contribution is 7.10. The van der Waals surface area contributed by atoms with Gasteiger partial charge in [0.15, 0.2) is 0 Å². The number of hydrogen-bond donors (Lipinski definition) is 2. The van der Waals surface area contributed by atoms with Crippen molar-refractivity contribution in [2.24, 2.45) is 0 Å². The molecule has 0 bridgehead atoms. The summed E-state index contributed by atoms with van der Waals surface area (Å²) in [7, 11) is 1.73. The second-order valence-electron chi connectivity index (χ2n) is 7.02. The van der Waals surface area contributed by atoms with E-state index in [0.29, 0.717) is 12.5 Å². The molecular formula is C21H30N3O2S+. The summed E-state index contributed by atoms with van der Waals surface area (Å²) in [5.41, 5.74) is 1.17. The molecule has 1 aliphatic rings. The van der Waals surface area contributed by atoms with Gasteiger partial charge in [0.25, 0.3) is 0 Å². The molecular weight excluding hydrogens is 358 g/mol. The van der Waals surface area contributed by atoms with Crippen molar-refractivity contribution >= 4 is 22.9 Å². The molecule has 2 N–H and O–H groups in total. The van der Waals surface area contributed by atoms with Crippen LogP contribution < -0.4 is 19.9 Å². The first-order chi connectivity index (χ1) is 13.1. The van der Waals surface area contributed by atoms with E-state index >= 15 is 0 Å². The number of quaternary nitrogens is 1. The smallest absolute Gasteiger partial charge is 0.220 e. The number of para-hydroxylation sites is 2. The lowest BCUT2D eigenvalue weighted by Gasteiger charge is -2.39. The zero-order valence-corrected chi connectivity index (χ0v) is 17.2. The number of rotatable bonds is 7. The molecule has 1 amide bonds. The number of nitrogens with zero attached hydrogens (tertiary/aromatic N) is 1. The highest BCUT2D eigenvalue weighted by Crippen LogP contribution is 2.28. The molecule has 2 atom stereocenters. The lowest BCUT2D eigenvalue weighted by Crippen LogP contribution is -3.16. The third-order valence-electron chi connectivity index (χ3n) is 5.33. The van der Waals surface area contributed by atoms with Gasteiger partial charge in [-0.3, -0.25) is 4.79 Å². The third-order valence-corrected chi connectivity index (χ3v) is 6.29. The summed E-state index contributed by atoms with van der Waals surface area (Å²) in [4.78, 5) is 17.2. The van der Waals surface area contributed by atoms with E-state index in [0.717, 1.165) is 31.9 Å². The van der Waals surface area contributed by atoms with E-state index in [9.17, 15) is 4.79 Å². The highest BCUT2D eigenvalue weighted by Gasteiger charge is 2.34. The number of anilines is 1. The molecule has 146 valence electrons. The number of methoxy groups -OCH3 is 1. The summed E-state index contributed by atoms with van der Waals surface area (Å²) in [6.07, 6.45) is 0.526. The van der Waals surface area contributed by atoms with Crippen LogP contribution >= 0.6 is 11.3 Å². The summed E-state index contributed by atoms with van der Waals surface area (Å²) in [5, 5.41) is 5.32. The van der Waals surface area contributed by atoms with Crippen LogP contribution in [0.2, 0.25) is 0 Å². The summed E-state index contributed by atoms with van der Waals surface area (Å²) < 4.78 is 5.53. The second kappa shape index (κ2) is 9.24. The van der Waals surface area contributed by atoms with E-state index in [1.54, 1.807) is 18.4 Å². The fraction of sp³-hybridized carbons (Fsp3) is 0.476. The van der Waals surface area contributed by atoms with Gasteiger partial charge in [-0.1, -0.05) is 25.1 Å². The number of carbonyl (C=O) groups is 1. The maximum absolute atomic E-state index is 11.9. The van der Waals surface area contributed by atoms with Gasteiger partial charge in [0.05, 0.1) is 49.9 Å². The van der Waals surface area contributed by atoms with E-state index in [2.05, 4.69) is 46.8 Å². The van der Waals surface area contributed by atoms with E-state index in [4.69, 9.17) is 4.74 Å². The first kappa shape index (κ1) is 19.7. The molecule has 1 aliphatic heterocycles. The molecule has 1 aromatic heterocycles. The van der Waals surface area contributed by atoms with Crippen LogP contribution in [-0.4, -0.2) is 45.2 Å². The first-order valence-electron chi connectivity index (χ1n) is 9.69. The van der Waals surface area contributed by atoms with Gasteiger partial charge in [0.1, 0.15) is 11.8 Å². The highest BCUT2D eigenvalue weighted by atomic mass is 32.1. The van der Waals surface area contributed by atoms with Gasteiger partial charge in [-0.2, -0.15) is 0 Å². The van der Waals surface area contributed by atoms with Crippen molar-refractivity contribution in [3.63, 3.8) is 0 Å². The van der Waals surface area contributed by atoms with Crippen molar-refractivity contribution in [1.82, 2.24) is 5.32 Å². The van der Waals surface area contributed by atoms with Crippen LogP contribution in [0, 0.1) is 0 Å². The number of amides is 1. The Balaban J connectivity index is 1.72. The maximum Gasteiger partial charge on any atom is 0.220 e. The van der Waals surface area contributed by atoms with Crippen LogP contribution in [-0.2, 0) is 4.79 Å². The Labute approximate surface area is 165 Å². The van der Waals surface area contributed by atoms with Crippen LogP contribution in [0.1, 0.15) is 31.2 Å². The van der Waals surface area contributed by atoms with E-state index in [1.165, 1.54) is 15.5 Å². The zero-order chi connectivity index (χ0) is 19.2. The number of ether oxygens (including phenoxy) is 1. The Hall–Kier alpha value is -2.05. The number of hydrogen-bond acceptors (Lipinski definition) is 4. The number of carbonyl (C=O) groups excluding carboxylic acids is 1. The van der Waals surface area contributed by atoms with E-state index in [1.807, 2.05) is 19.1 Å². The van der Waals surface area contributed by atoms with Crippen molar-refractivity contribution < 1.29 is 14.4 Å². The van der Waals surface area contributed by atoms with Gasteiger partial charge in [-0.25, -0.2) is 0 Å². The van der Waals surface area contributed by atoms with Crippen LogP contribution in [0.4, 0.5) is 5.69 Å². The molecule has 6 heteroatoms. The Morgan fingerprint density at radius 1 is 1.26 bits per heavy atom. The fourth-order valence-corrected chi connectivity index (χ4v) is 4.93. The van der Waals surface area contributed by atoms with Crippen LogP contribution in [0.15, 0.2) is 41.8 Å². The van der Waals surface area contributed by atoms with Crippen molar-refractivity contribution in [3.8, 4) is 5.75 Å². The molecule has 0 radical (unpaired) electrons. The molecule has 0 spiro atoms. The molecule has 2 aromatic rings. The molecule has 2 heterocycles. The maximum atomic E-state index is 11.9. The SMILES string of the molecule is CCC(=O)N[C@@H](C)[C@@H](c1cccs1)[NH+]1CCN(c2ccccc2OC)CC1. The minimum atomic E-state index is 0.115.